The second-order valence-electron chi connectivity index (χ2n) is 4.00. The highest BCUT2D eigenvalue weighted by Crippen LogP contribution is 2.47. The molecule has 2 heterocycles. The molecular weight excluding hydrogens is 278 g/mol. The van der Waals surface area contributed by atoms with Crippen LogP contribution in [0.2, 0.25) is 0 Å². The van der Waals surface area contributed by atoms with Crippen LogP contribution >= 0.6 is 27.3 Å². The maximum Gasteiger partial charge on any atom is 0.138 e. The second kappa shape index (κ2) is 3.48. The normalized spacial score (nSPS) is 27.7. The van der Waals surface area contributed by atoms with Crippen molar-refractivity contribution in [3.05, 3.63) is 15.8 Å². The summed E-state index contributed by atoms with van der Waals surface area (Å²) in [5.41, 5.74) is -0.472. The van der Waals surface area contributed by atoms with E-state index in [4.69, 9.17) is 10.00 Å². The lowest BCUT2D eigenvalue weighted by atomic mass is 9.96. The van der Waals surface area contributed by atoms with Crippen molar-refractivity contribution in [2.24, 2.45) is 0 Å². The van der Waals surface area contributed by atoms with Crippen molar-refractivity contribution in [1.29, 1.82) is 5.26 Å². The number of fused-ring (bicyclic) bond motifs is 1. The van der Waals surface area contributed by atoms with Gasteiger partial charge in [0.1, 0.15) is 28.4 Å². The fourth-order valence-electron chi connectivity index (χ4n) is 1.58. The number of nitrogens with zero attached hydrogens (tertiary/aromatic N) is 1. The Morgan fingerprint density at radius 2 is 2.33 bits per heavy atom. The minimum absolute atomic E-state index is 0.164. The lowest BCUT2D eigenvalue weighted by molar-refractivity contribution is 0.0255. The molecule has 0 amide bonds. The van der Waals surface area contributed by atoms with Crippen molar-refractivity contribution < 1.29 is 9.84 Å². The van der Waals surface area contributed by atoms with Crippen LogP contribution < -0.4 is 4.74 Å². The number of hydrogen-bond acceptors (Lipinski definition) is 4. The maximum absolute atomic E-state index is 10.0. The van der Waals surface area contributed by atoms with E-state index >= 15 is 0 Å². The number of rotatable bonds is 0. The van der Waals surface area contributed by atoms with E-state index in [0.29, 0.717) is 10.6 Å². The maximum atomic E-state index is 10.0. The van der Waals surface area contributed by atoms with Crippen molar-refractivity contribution >= 4 is 27.3 Å². The van der Waals surface area contributed by atoms with Crippen molar-refractivity contribution in [2.45, 2.75) is 30.4 Å². The predicted molar refractivity (Wildman–Crippen MR) is 61.4 cm³/mol. The lowest BCUT2D eigenvalue weighted by Gasteiger charge is -2.38. The largest absolute Gasteiger partial charge is 0.485 e. The Labute approximate surface area is 100 Å². The molecule has 0 fully saturated rings. The zero-order valence-electron chi connectivity index (χ0n) is 8.32. The molecule has 80 valence electrons. The molecule has 1 aromatic rings. The number of halogens is 1. The molecule has 3 nitrogen and oxygen atoms in total. The van der Waals surface area contributed by atoms with Crippen molar-refractivity contribution in [3.63, 3.8) is 0 Å². The van der Waals surface area contributed by atoms with Crippen LogP contribution in [0, 0.1) is 11.3 Å². The highest BCUT2D eigenvalue weighted by Gasteiger charge is 2.42. The van der Waals surface area contributed by atoms with Gasteiger partial charge in [-0.2, -0.15) is 5.26 Å². The molecule has 0 aromatic carbocycles. The van der Waals surface area contributed by atoms with Crippen molar-refractivity contribution in [3.8, 4) is 11.8 Å². The van der Waals surface area contributed by atoms with E-state index in [1.807, 2.05) is 13.8 Å². The molecule has 0 spiro atoms. The van der Waals surface area contributed by atoms with Crippen LogP contribution in [-0.2, 0) is 0 Å². The smallest absolute Gasteiger partial charge is 0.138 e. The Morgan fingerprint density at radius 3 is 2.93 bits per heavy atom. The van der Waals surface area contributed by atoms with E-state index in [1.165, 1.54) is 11.3 Å². The first-order valence-corrected chi connectivity index (χ1v) is 6.24. The summed E-state index contributed by atoms with van der Waals surface area (Å²) in [6.07, 6.45) is -0.615. The van der Waals surface area contributed by atoms with Crippen molar-refractivity contribution in [1.82, 2.24) is 0 Å². The van der Waals surface area contributed by atoms with Gasteiger partial charge in [-0.15, -0.1) is 11.3 Å². The number of aliphatic hydroxyl groups is 1. The standard InChI is InChI=1S/C10H10BrNO2S/c1-10(2)9(11)7(13)8-6(14-10)3-5(4-12)15-8/h3,7,9,13H,1-2H3/t7-,9?/m0/s1. The Bertz CT molecular complexity index is 435. The molecule has 1 aliphatic heterocycles. The van der Waals surface area contributed by atoms with E-state index in [2.05, 4.69) is 22.0 Å². The summed E-state index contributed by atoms with van der Waals surface area (Å²) in [5.74, 6) is 0.629. The highest BCUT2D eigenvalue weighted by molar-refractivity contribution is 9.09. The fraction of sp³-hybridized carbons (Fsp3) is 0.500. The SMILES string of the molecule is CC1(C)Oc2cc(C#N)sc2[C@H](O)C1Br. The first kappa shape index (κ1) is 10.9. The summed E-state index contributed by atoms with van der Waals surface area (Å²) < 4.78 is 5.74. The van der Waals surface area contributed by atoms with Crippen LogP contribution in [0.1, 0.15) is 29.7 Å². The fourth-order valence-corrected chi connectivity index (χ4v) is 3.02. The molecule has 2 rings (SSSR count). The average molecular weight is 288 g/mol. The van der Waals surface area contributed by atoms with Gasteiger partial charge in [-0.25, -0.2) is 0 Å². The Balaban J connectivity index is 2.49. The van der Waals surface area contributed by atoms with Gasteiger partial charge in [0.15, 0.2) is 0 Å². The molecule has 1 aliphatic rings. The van der Waals surface area contributed by atoms with Gasteiger partial charge in [-0.1, -0.05) is 15.9 Å². The molecule has 0 radical (unpaired) electrons. The third kappa shape index (κ3) is 1.67. The summed E-state index contributed by atoms with van der Waals surface area (Å²) >= 11 is 4.71. The van der Waals surface area contributed by atoms with Gasteiger partial charge in [-0.3, -0.25) is 0 Å². The van der Waals surface area contributed by atoms with E-state index < -0.39 is 11.7 Å². The molecule has 0 saturated carbocycles. The molecule has 15 heavy (non-hydrogen) atoms. The van der Waals surface area contributed by atoms with Gasteiger partial charge < -0.3 is 9.84 Å². The van der Waals surface area contributed by atoms with E-state index in [-0.39, 0.29) is 4.83 Å². The second-order valence-corrected chi connectivity index (χ2v) is 6.07. The number of ether oxygens (including phenoxy) is 1. The average Bonchev–Trinajstić information content (AvgIpc) is 2.57. The predicted octanol–water partition coefficient (Wildman–Crippen LogP) is 2.59. The highest BCUT2D eigenvalue weighted by atomic mass is 79.9. The minimum Gasteiger partial charge on any atom is -0.485 e. The molecule has 0 bridgehead atoms. The number of hydrogen-bond donors (Lipinski definition) is 1. The van der Waals surface area contributed by atoms with Crippen LogP contribution in [-0.4, -0.2) is 15.5 Å². The first-order valence-electron chi connectivity index (χ1n) is 4.50. The van der Waals surface area contributed by atoms with Gasteiger partial charge in [0.05, 0.1) is 9.70 Å². The molecule has 0 saturated heterocycles. The van der Waals surface area contributed by atoms with Crippen molar-refractivity contribution in [2.75, 3.05) is 0 Å². The van der Waals surface area contributed by atoms with Gasteiger partial charge in [0.25, 0.3) is 0 Å². The summed E-state index contributed by atoms with van der Waals surface area (Å²) in [6, 6.07) is 3.74. The Hall–Kier alpha value is -0.570. The molecule has 2 atom stereocenters. The topological polar surface area (TPSA) is 53.2 Å². The van der Waals surface area contributed by atoms with Crippen LogP contribution in [0.15, 0.2) is 6.07 Å². The van der Waals surface area contributed by atoms with Gasteiger partial charge in [0, 0.05) is 6.07 Å². The third-order valence-electron chi connectivity index (χ3n) is 2.42. The van der Waals surface area contributed by atoms with Crippen LogP contribution in [0.25, 0.3) is 0 Å². The lowest BCUT2D eigenvalue weighted by Crippen LogP contribution is -2.44. The molecule has 0 aliphatic carbocycles. The van der Waals surface area contributed by atoms with Crippen LogP contribution in [0.5, 0.6) is 5.75 Å². The molecule has 1 unspecified atom stereocenters. The number of alkyl halides is 1. The van der Waals surface area contributed by atoms with Gasteiger partial charge >= 0.3 is 0 Å². The third-order valence-corrected chi connectivity index (χ3v) is 5.11. The first-order chi connectivity index (χ1) is 6.95. The Morgan fingerprint density at radius 1 is 1.67 bits per heavy atom. The molecule has 5 heteroatoms. The van der Waals surface area contributed by atoms with Crippen LogP contribution in [0.3, 0.4) is 0 Å². The number of nitriles is 1. The zero-order valence-corrected chi connectivity index (χ0v) is 10.7. The van der Waals surface area contributed by atoms with Gasteiger partial charge in [0.2, 0.25) is 0 Å². The summed E-state index contributed by atoms with van der Waals surface area (Å²) in [4.78, 5) is 1.13. The monoisotopic (exact) mass is 287 g/mol. The number of aliphatic hydroxyl groups excluding tert-OH is 1. The number of thiophene rings is 1. The minimum atomic E-state index is -0.615. The zero-order chi connectivity index (χ0) is 11.2. The molecule has 1 N–H and O–H groups in total. The van der Waals surface area contributed by atoms with E-state index in [1.54, 1.807) is 6.07 Å². The van der Waals surface area contributed by atoms with E-state index in [0.717, 1.165) is 4.88 Å². The van der Waals surface area contributed by atoms with E-state index in [9.17, 15) is 5.11 Å². The summed E-state index contributed by atoms with van der Waals surface area (Å²) in [7, 11) is 0. The Kier molecular flexibility index (Phi) is 2.53. The quantitative estimate of drug-likeness (QED) is 0.746. The summed E-state index contributed by atoms with van der Waals surface area (Å²) in [6.45, 7) is 3.81. The molecule has 1 aromatic heterocycles. The summed E-state index contributed by atoms with van der Waals surface area (Å²) in [5, 5.41) is 18.8. The molecular formula is C10H10BrNO2S. The van der Waals surface area contributed by atoms with Gasteiger partial charge in [-0.05, 0) is 13.8 Å². The van der Waals surface area contributed by atoms with Crippen LogP contribution in [0.4, 0.5) is 0 Å².